The van der Waals surface area contributed by atoms with E-state index in [9.17, 15) is 14.9 Å². The topological polar surface area (TPSA) is 84.7 Å². The number of piperidine rings is 1. The molecule has 0 bridgehead atoms. The second-order valence-electron chi connectivity index (χ2n) is 7.77. The molecule has 9 heteroatoms. The van der Waals surface area contributed by atoms with Crippen LogP contribution in [0.2, 0.25) is 5.02 Å². The molecule has 0 radical (unpaired) electrons. The number of ether oxygens (including phenoxy) is 1. The van der Waals surface area contributed by atoms with E-state index in [0.29, 0.717) is 32.5 Å². The van der Waals surface area contributed by atoms with Crippen LogP contribution in [0.5, 0.6) is 0 Å². The van der Waals surface area contributed by atoms with Gasteiger partial charge < -0.3 is 15.0 Å². The first-order chi connectivity index (χ1) is 14.9. The molecule has 164 valence electrons. The molecule has 0 saturated carbocycles. The molecule has 2 heterocycles. The number of halogens is 2. The highest BCUT2D eigenvalue weighted by molar-refractivity contribution is 9.11. The molecule has 1 aliphatic carbocycles. The van der Waals surface area contributed by atoms with E-state index in [1.165, 1.54) is 11.1 Å². The lowest BCUT2D eigenvalue weighted by Crippen LogP contribution is -2.38. The number of rotatable bonds is 2. The summed E-state index contributed by atoms with van der Waals surface area (Å²) in [4.78, 5) is 25.0. The van der Waals surface area contributed by atoms with Gasteiger partial charge in [-0.3, -0.25) is 10.1 Å². The van der Waals surface area contributed by atoms with Gasteiger partial charge in [-0.25, -0.2) is 4.79 Å². The molecule has 1 saturated heterocycles. The normalized spacial score (nSPS) is 20.6. The van der Waals surface area contributed by atoms with Crippen molar-refractivity contribution in [2.75, 3.05) is 19.7 Å². The third-order valence-corrected chi connectivity index (χ3v) is 6.75. The molecular formula is C22H23BrClN3O4. The molecule has 1 unspecified atom stereocenters. The van der Waals surface area contributed by atoms with Crippen LogP contribution >= 0.6 is 27.5 Å². The summed E-state index contributed by atoms with van der Waals surface area (Å²) in [7, 11) is 0. The SMILES string of the molecule is CCOC(=O)N1CCC(=C2c3cc([N+](=O)[O-])c(Cl)cc3CCC3=CC(Br)=CNC32)CC1. The summed E-state index contributed by atoms with van der Waals surface area (Å²) in [5.41, 5.74) is 5.30. The van der Waals surface area contributed by atoms with E-state index in [1.54, 1.807) is 24.0 Å². The minimum Gasteiger partial charge on any atom is -0.450 e. The fourth-order valence-electron chi connectivity index (χ4n) is 4.53. The second kappa shape index (κ2) is 9.04. The molecule has 1 fully saturated rings. The Bertz CT molecular complexity index is 1020. The number of carbonyl (C=O) groups is 1. The van der Waals surface area contributed by atoms with Crippen LogP contribution in [0, 0.1) is 10.1 Å². The summed E-state index contributed by atoms with van der Waals surface area (Å²) >= 11 is 9.78. The number of allylic oxidation sites excluding steroid dienone is 2. The Morgan fingerprint density at radius 1 is 1.32 bits per heavy atom. The number of nitrogens with one attached hydrogen (secondary N) is 1. The van der Waals surface area contributed by atoms with Gasteiger partial charge in [0, 0.05) is 29.8 Å². The lowest BCUT2D eigenvalue weighted by atomic mass is 9.84. The van der Waals surface area contributed by atoms with Gasteiger partial charge in [-0.2, -0.15) is 0 Å². The second-order valence-corrected chi connectivity index (χ2v) is 9.09. The minimum atomic E-state index is -0.430. The van der Waals surface area contributed by atoms with Crippen LogP contribution < -0.4 is 5.32 Å². The van der Waals surface area contributed by atoms with Crippen molar-refractivity contribution in [1.82, 2.24) is 10.2 Å². The average Bonchev–Trinajstić information content (AvgIpc) is 2.89. The number of fused-ring (bicyclic) bond motifs is 2. The lowest BCUT2D eigenvalue weighted by molar-refractivity contribution is -0.384. The third-order valence-electron chi connectivity index (χ3n) is 5.99. The Labute approximate surface area is 194 Å². The van der Waals surface area contributed by atoms with E-state index in [-0.39, 0.29) is 22.8 Å². The van der Waals surface area contributed by atoms with Gasteiger partial charge in [-0.1, -0.05) is 17.2 Å². The zero-order valence-electron chi connectivity index (χ0n) is 17.1. The summed E-state index contributed by atoms with van der Waals surface area (Å²) in [5.74, 6) is 0. The quantitative estimate of drug-likeness (QED) is 0.431. The molecule has 31 heavy (non-hydrogen) atoms. The van der Waals surface area contributed by atoms with E-state index >= 15 is 0 Å². The maximum absolute atomic E-state index is 12.1. The largest absolute Gasteiger partial charge is 0.450 e. The zero-order valence-corrected chi connectivity index (χ0v) is 19.5. The number of likely N-dealkylation sites (tertiary alicyclic amines) is 1. The number of dihydropyridines is 1. The van der Waals surface area contributed by atoms with Crippen LogP contribution in [0.1, 0.15) is 37.3 Å². The van der Waals surface area contributed by atoms with Crippen molar-refractivity contribution in [3.05, 3.63) is 66.3 Å². The number of nitrogens with zero attached hydrogens (tertiary/aromatic N) is 2. The fourth-order valence-corrected chi connectivity index (χ4v) is 5.21. The van der Waals surface area contributed by atoms with Crippen LogP contribution in [0.15, 0.2) is 40.0 Å². The van der Waals surface area contributed by atoms with Crippen LogP contribution in [-0.2, 0) is 11.2 Å². The lowest BCUT2D eigenvalue weighted by Gasteiger charge is -2.33. The number of amides is 1. The molecule has 7 nitrogen and oxygen atoms in total. The van der Waals surface area contributed by atoms with Gasteiger partial charge >= 0.3 is 6.09 Å². The van der Waals surface area contributed by atoms with Gasteiger partial charge in [0.25, 0.3) is 5.69 Å². The molecule has 0 spiro atoms. The summed E-state index contributed by atoms with van der Waals surface area (Å²) in [6, 6.07) is 3.30. The van der Waals surface area contributed by atoms with Gasteiger partial charge in [-0.15, -0.1) is 0 Å². The Morgan fingerprint density at radius 2 is 2.06 bits per heavy atom. The van der Waals surface area contributed by atoms with Gasteiger partial charge in [0.05, 0.1) is 17.6 Å². The maximum atomic E-state index is 12.1. The van der Waals surface area contributed by atoms with Crippen LogP contribution in [0.3, 0.4) is 0 Å². The van der Waals surface area contributed by atoms with Crippen LogP contribution in [-0.4, -0.2) is 41.7 Å². The molecule has 4 rings (SSSR count). The summed E-state index contributed by atoms with van der Waals surface area (Å²) < 4.78 is 6.11. The van der Waals surface area contributed by atoms with Gasteiger partial charge in [0.1, 0.15) is 5.02 Å². The highest BCUT2D eigenvalue weighted by Crippen LogP contribution is 2.42. The van der Waals surface area contributed by atoms with Crippen molar-refractivity contribution < 1.29 is 14.5 Å². The van der Waals surface area contributed by atoms with E-state index in [0.717, 1.165) is 34.0 Å². The number of benzene rings is 1. The first kappa shape index (κ1) is 21.9. The van der Waals surface area contributed by atoms with Crippen LogP contribution in [0.4, 0.5) is 10.5 Å². The van der Waals surface area contributed by atoms with Crippen molar-refractivity contribution in [1.29, 1.82) is 0 Å². The number of nitro groups is 1. The zero-order chi connectivity index (χ0) is 22.1. The van der Waals surface area contributed by atoms with Crippen molar-refractivity contribution in [2.24, 2.45) is 0 Å². The number of aryl methyl sites for hydroxylation is 1. The molecular weight excluding hydrogens is 486 g/mol. The van der Waals surface area contributed by atoms with Gasteiger partial charge in [0.15, 0.2) is 0 Å². The third kappa shape index (κ3) is 4.36. The monoisotopic (exact) mass is 507 g/mol. The van der Waals surface area contributed by atoms with E-state index in [1.807, 2.05) is 6.20 Å². The molecule has 1 amide bonds. The van der Waals surface area contributed by atoms with E-state index in [2.05, 4.69) is 27.3 Å². The van der Waals surface area contributed by atoms with Crippen molar-refractivity contribution in [3.8, 4) is 0 Å². The Morgan fingerprint density at radius 3 is 2.74 bits per heavy atom. The van der Waals surface area contributed by atoms with E-state index in [4.69, 9.17) is 16.3 Å². The molecule has 1 N–H and O–H groups in total. The van der Waals surface area contributed by atoms with Crippen molar-refractivity contribution >= 4 is 44.9 Å². The Kier molecular flexibility index (Phi) is 6.39. The van der Waals surface area contributed by atoms with Gasteiger partial charge in [-0.05, 0) is 83.0 Å². The first-order valence-corrected chi connectivity index (χ1v) is 11.5. The number of carbonyl (C=O) groups excluding carboxylic acids is 1. The summed E-state index contributed by atoms with van der Waals surface area (Å²) in [5, 5.41) is 15.2. The summed E-state index contributed by atoms with van der Waals surface area (Å²) in [6.45, 7) is 3.27. The van der Waals surface area contributed by atoms with Crippen molar-refractivity contribution in [2.45, 2.75) is 38.6 Å². The maximum Gasteiger partial charge on any atom is 0.409 e. The predicted molar refractivity (Wildman–Crippen MR) is 123 cm³/mol. The standard InChI is InChI=1S/C22H23BrClN3O4/c1-2-31-22(28)26-7-5-13(6-8-26)20-17-11-19(27(29)30)18(24)10-14(17)3-4-15-9-16(23)12-25-21(15)20/h9-12,21,25H,2-8H2,1H3. The molecule has 1 aromatic rings. The molecule has 1 aromatic carbocycles. The number of hydrogen-bond donors (Lipinski definition) is 1. The van der Waals surface area contributed by atoms with Gasteiger partial charge in [0.2, 0.25) is 0 Å². The number of hydrogen-bond acceptors (Lipinski definition) is 5. The van der Waals surface area contributed by atoms with E-state index < -0.39 is 4.92 Å². The van der Waals surface area contributed by atoms with Crippen LogP contribution in [0.25, 0.3) is 5.57 Å². The molecule has 2 aliphatic heterocycles. The highest BCUT2D eigenvalue weighted by atomic mass is 79.9. The number of nitro benzene ring substituents is 1. The molecule has 0 aromatic heterocycles. The molecule has 1 atom stereocenters. The first-order valence-electron chi connectivity index (χ1n) is 10.3. The Balaban J connectivity index is 1.79. The Hall–Kier alpha value is -2.32. The minimum absolute atomic E-state index is 0.0625. The fraction of sp³-hybridized carbons (Fsp3) is 0.409. The van der Waals surface area contributed by atoms with Crippen molar-refractivity contribution in [3.63, 3.8) is 0 Å². The smallest absolute Gasteiger partial charge is 0.409 e. The predicted octanol–water partition coefficient (Wildman–Crippen LogP) is 5.33. The molecule has 3 aliphatic rings. The average molecular weight is 509 g/mol. The summed E-state index contributed by atoms with van der Waals surface area (Å²) in [6.07, 6.45) is 6.71. The highest BCUT2D eigenvalue weighted by Gasteiger charge is 2.33.